The van der Waals surface area contributed by atoms with Crippen LogP contribution in [-0.2, 0) is 25.6 Å². The second kappa shape index (κ2) is 10.6. The van der Waals surface area contributed by atoms with Gasteiger partial charge in [-0.3, -0.25) is 14.2 Å². The van der Waals surface area contributed by atoms with Crippen molar-refractivity contribution in [3.05, 3.63) is 85.4 Å². The largest absolute Gasteiger partial charge is 0.417 e. The normalized spacial score (nSPS) is 15.4. The Morgan fingerprint density at radius 2 is 1.95 bits per heavy atom. The van der Waals surface area contributed by atoms with Crippen molar-refractivity contribution in [2.24, 2.45) is 5.92 Å². The van der Waals surface area contributed by atoms with Crippen molar-refractivity contribution in [1.29, 1.82) is 0 Å². The highest BCUT2D eigenvalue weighted by molar-refractivity contribution is 9.10. The van der Waals surface area contributed by atoms with Crippen LogP contribution in [-0.4, -0.2) is 38.1 Å². The molecule has 3 N–H and O–H groups in total. The lowest BCUT2D eigenvalue weighted by Crippen LogP contribution is -2.46. The molecule has 216 valence electrons. The molecular weight excluding hydrogens is 601 g/mol. The van der Waals surface area contributed by atoms with Gasteiger partial charge < -0.3 is 16.0 Å². The van der Waals surface area contributed by atoms with E-state index in [4.69, 9.17) is 5.73 Å². The molecule has 0 fully saturated rings. The van der Waals surface area contributed by atoms with Gasteiger partial charge in [0.05, 0.1) is 41.1 Å². The van der Waals surface area contributed by atoms with E-state index in [1.807, 2.05) is 12.1 Å². The third kappa shape index (κ3) is 5.09. The van der Waals surface area contributed by atoms with E-state index in [9.17, 15) is 22.8 Å². The highest BCUT2D eigenvalue weighted by atomic mass is 79.9. The van der Waals surface area contributed by atoms with Crippen LogP contribution in [0.15, 0.2) is 51.9 Å². The van der Waals surface area contributed by atoms with Gasteiger partial charge in [0.2, 0.25) is 0 Å². The van der Waals surface area contributed by atoms with Gasteiger partial charge in [0.1, 0.15) is 5.65 Å². The van der Waals surface area contributed by atoms with Gasteiger partial charge in [0, 0.05) is 34.3 Å². The Kier molecular flexibility index (Phi) is 7.39. The molecule has 0 saturated carbocycles. The van der Waals surface area contributed by atoms with E-state index < -0.39 is 23.7 Å². The van der Waals surface area contributed by atoms with Gasteiger partial charge in [-0.1, -0.05) is 29.8 Å². The molecular formula is C29H30BrF3N6O2. The Labute approximate surface area is 243 Å². The van der Waals surface area contributed by atoms with E-state index in [1.54, 1.807) is 35.3 Å². The highest BCUT2D eigenvalue weighted by Gasteiger charge is 2.36. The number of halogens is 4. The molecule has 8 nitrogen and oxygen atoms in total. The predicted molar refractivity (Wildman–Crippen MR) is 155 cm³/mol. The van der Waals surface area contributed by atoms with Gasteiger partial charge in [-0.25, -0.2) is 4.52 Å². The molecule has 0 bridgehead atoms. The third-order valence-corrected chi connectivity index (χ3v) is 8.11. The molecule has 1 aliphatic rings. The zero-order chi connectivity index (χ0) is 29.8. The maximum absolute atomic E-state index is 14.1. The van der Waals surface area contributed by atoms with Gasteiger partial charge >= 0.3 is 6.18 Å². The number of nitrogen functional groups attached to an aromatic ring is 1. The lowest BCUT2D eigenvalue weighted by molar-refractivity contribution is -0.138. The fraction of sp³-hybridized carbons (Fsp3) is 0.345. The van der Waals surface area contributed by atoms with Crippen molar-refractivity contribution >= 4 is 38.9 Å². The van der Waals surface area contributed by atoms with E-state index in [0.29, 0.717) is 34.7 Å². The van der Waals surface area contributed by atoms with Gasteiger partial charge in [-0.15, -0.1) is 0 Å². The van der Waals surface area contributed by atoms with E-state index >= 15 is 0 Å². The summed E-state index contributed by atoms with van der Waals surface area (Å²) in [7, 11) is 1.76. The molecule has 1 aliphatic heterocycles. The van der Waals surface area contributed by atoms with Gasteiger partial charge in [-0.05, 0) is 62.1 Å². The molecule has 12 heteroatoms. The van der Waals surface area contributed by atoms with Crippen molar-refractivity contribution in [1.82, 2.24) is 19.1 Å². The summed E-state index contributed by atoms with van der Waals surface area (Å²) in [4.78, 5) is 29.2. The number of hydrogen-bond donors (Lipinski definition) is 2. The molecule has 2 aromatic carbocycles. The number of fused-ring (bicyclic) bond motifs is 3. The number of hydrogen-bond acceptors (Lipinski definition) is 5. The first-order chi connectivity index (χ1) is 19.3. The Balaban J connectivity index is 1.66. The molecule has 1 unspecified atom stereocenters. The first kappa shape index (κ1) is 28.7. The van der Waals surface area contributed by atoms with Crippen LogP contribution in [0.1, 0.15) is 53.5 Å². The monoisotopic (exact) mass is 630 g/mol. The molecule has 41 heavy (non-hydrogen) atoms. The summed E-state index contributed by atoms with van der Waals surface area (Å²) in [5.74, 6) is -0.277. The van der Waals surface area contributed by atoms with E-state index in [-0.39, 0.29) is 34.5 Å². The van der Waals surface area contributed by atoms with Gasteiger partial charge in [0.15, 0.2) is 0 Å². The third-order valence-electron chi connectivity index (χ3n) is 7.42. The van der Waals surface area contributed by atoms with Crippen molar-refractivity contribution in [3.8, 4) is 5.69 Å². The lowest BCUT2D eigenvalue weighted by atomic mass is 9.97. The molecule has 5 rings (SSSR count). The van der Waals surface area contributed by atoms with Crippen LogP contribution < -0.4 is 16.6 Å². The first-order valence-electron chi connectivity index (χ1n) is 13.2. The number of nitrogens with two attached hydrogens (primary N) is 1. The summed E-state index contributed by atoms with van der Waals surface area (Å²) < 4.78 is 43.8. The molecule has 2 aromatic heterocycles. The predicted octanol–water partition coefficient (Wildman–Crippen LogP) is 5.68. The Hall–Kier alpha value is -3.80. The SMILES string of the molecule is CNc1ccc(-n2c(=O)c3c(n4ncc(CC(C)C)c24)CN(C(=O)c2ccc(Br)c(C(F)(F)F)c2)C(C)C3)cc1N. The van der Waals surface area contributed by atoms with Crippen LogP contribution in [0.3, 0.4) is 0 Å². The summed E-state index contributed by atoms with van der Waals surface area (Å²) >= 11 is 2.93. The van der Waals surface area contributed by atoms with Crippen LogP contribution in [0, 0.1) is 5.92 Å². The molecule has 0 aliphatic carbocycles. The minimum absolute atomic E-state index is 0.0168. The number of alkyl halides is 3. The Morgan fingerprint density at radius 1 is 1.22 bits per heavy atom. The van der Waals surface area contributed by atoms with Crippen molar-refractivity contribution in [2.45, 2.75) is 52.4 Å². The molecule has 1 atom stereocenters. The average molecular weight is 631 g/mol. The van der Waals surface area contributed by atoms with Crippen LogP contribution in [0.2, 0.25) is 0 Å². The van der Waals surface area contributed by atoms with Crippen molar-refractivity contribution in [2.75, 3.05) is 18.1 Å². The van der Waals surface area contributed by atoms with E-state index in [2.05, 4.69) is 40.2 Å². The Bertz CT molecular complexity index is 1730. The zero-order valence-corrected chi connectivity index (χ0v) is 24.6. The fourth-order valence-electron chi connectivity index (χ4n) is 5.44. The number of carbonyl (C=O) groups excluding carboxylic acids is 1. The highest BCUT2D eigenvalue weighted by Crippen LogP contribution is 2.36. The van der Waals surface area contributed by atoms with Crippen LogP contribution in [0.5, 0.6) is 0 Å². The topological polar surface area (TPSA) is 97.7 Å². The number of amides is 1. The van der Waals surface area contributed by atoms with Gasteiger partial charge in [0.25, 0.3) is 11.5 Å². The second-order valence-electron chi connectivity index (χ2n) is 10.8. The molecule has 0 spiro atoms. The number of anilines is 2. The number of nitrogens with one attached hydrogen (secondary N) is 1. The van der Waals surface area contributed by atoms with Crippen LogP contribution in [0.4, 0.5) is 24.5 Å². The van der Waals surface area contributed by atoms with Crippen LogP contribution in [0.25, 0.3) is 11.3 Å². The maximum atomic E-state index is 14.1. The van der Waals surface area contributed by atoms with E-state index in [0.717, 1.165) is 17.3 Å². The smallest absolute Gasteiger partial charge is 0.397 e. The number of carbonyl (C=O) groups is 1. The number of benzene rings is 2. The van der Waals surface area contributed by atoms with E-state index in [1.165, 1.54) is 17.0 Å². The molecule has 1 amide bonds. The van der Waals surface area contributed by atoms with Crippen molar-refractivity contribution in [3.63, 3.8) is 0 Å². The number of nitrogens with zero attached hydrogens (tertiary/aromatic N) is 4. The second-order valence-corrected chi connectivity index (χ2v) is 11.6. The summed E-state index contributed by atoms with van der Waals surface area (Å²) in [5, 5.41) is 7.66. The summed E-state index contributed by atoms with van der Waals surface area (Å²) in [6.45, 7) is 5.94. The summed E-state index contributed by atoms with van der Waals surface area (Å²) in [6.07, 6.45) is -2.03. The quantitative estimate of drug-likeness (QED) is 0.277. The summed E-state index contributed by atoms with van der Waals surface area (Å²) in [6, 6.07) is 8.36. The van der Waals surface area contributed by atoms with Gasteiger partial charge in [-0.2, -0.15) is 18.3 Å². The number of aromatic nitrogens is 3. The molecule has 0 saturated heterocycles. The van der Waals surface area contributed by atoms with Crippen molar-refractivity contribution < 1.29 is 18.0 Å². The minimum atomic E-state index is -4.62. The Morgan fingerprint density at radius 3 is 2.59 bits per heavy atom. The molecule has 4 aromatic rings. The standard InChI is InChI=1S/C29H30BrF3N6O2/c1-15(2)9-18-13-36-39-25-14-37(27(40)17-5-7-22(30)21(11-17)29(31,32)33)16(3)10-20(25)28(41)38(26(18)39)19-6-8-24(35-4)23(34)12-19/h5-8,11-13,15-16,35H,9-10,14,34H2,1-4H3. The minimum Gasteiger partial charge on any atom is -0.397 e. The average Bonchev–Trinajstić information content (AvgIpc) is 3.30. The lowest BCUT2D eigenvalue weighted by Gasteiger charge is -2.35. The first-order valence-corrected chi connectivity index (χ1v) is 14.0. The van der Waals surface area contributed by atoms with Crippen LogP contribution >= 0.6 is 15.9 Å². The molecule has 0 radical (unpaired) electrons. The zero-order valence-electron chi connectivity index (χ0n) is 23.0. The summed E-state index contributed by atoms with van der Waals surface area (Å²) in [5.41, 5.74) is 9.28. The fourth-order valence-corrected chi connectivity index (χ4v) is 5.91. The maximum Gasteiger partial charge on any atom is 0.417 e. The molecule has 3 heterocycles. The number of rotatable bonds is 5.